The van der Waals surface area contributed by atoms with E-state index in [9.17, 15) is 9.18 Å². The molecule has 0 aliphatic heterocycles. The van der Waals surface area contributed by atoms with Crippen molar-refractivity contribution in [1.82, 2.24) is 5.32 Å². The Kier molecular flexibility index (Phi) is 6.62. The van der Waals surface area contributed by atoms with Crippen molar-refractivity contribution in [2.45, 2.75) is 45.1 Å². The largest absolute Gasteiger partial charge is 0.444 e. The van der Waals surface area contributed by atoms with E-state index >= 15 is 0 Å². The first kappa shape index (κ1) is 17.4. The van der Waals surface area contributed by atoms with Crippen LogP contribution in [0.1, 0.15) is 45.1 Å². The van der Waals surface area contributed by atoms with E-state index in [1.807, 2.05) is 0 Å². The van der Waals surface area contributed by atoms with Crippen molar-refractivity contribution in [3.05, 3.63) is 35.6 Å². The molecular formula is C16H24FNO3. The molecule has 0 aromatic heterocycles. The third-order valence-corrected chi connectivity index (χ3v) is 2.98. The molecule has 1 atom stereocenters. The summed E-state index contributed by atoms with van der Waals surface area (Å²) in [5, 5.41) is 11.8. The highest BCUT2D eigenvalue weighted by molar-refractivity contribution is 5.67. The summed E-state index contributed by atoms with van der Waals surface area (Å²) in [5.41, 5.74) is 0.0256. The summed E-state index contributed by atoms with van der Waals surface area (Å²) in [5.74, 6) is -0.417. The minimum atomic E-state index is -0.542. The number of halogens is 1. The number of hydrogen-bond donors (Lipinski definition) is 2. The second-order valence-corrected chi connectivity index (χ2v) is 5.95. The maximum Gasteiger partial charge on any atom is 0.407 e. The van der Waals surface area contributed by atoms with Crippen LogP contribution in [0, 0.1) is 5.82 Å². The monoisotopic (exact) mass is 297 g/mol. The lowest BCUT2D eigenvalue weighted by Crippen LogP contribution is -2.33. The van der Waals surface area contributed by atoms with Gasteiger partial charge < -0.3 is 15.2 Å². The van der Waals surface area contributed by atoms with Gasteiger partial charge in [-0.05, 0) is 51.2 Å². The summed E-state index contributed by atoms with van der Waals surface area (Å²) in [4.78, 5) is 11.5. The predicted octanol–water partition coefficient (Wildman–Crippen LogP) is 3.21. The maximum absolute atomic E-state index is 13.8. The van der Waals surface area contributed by atoms with Crippen LogP contribution in [-0.2, 0) is 4.74 Å². The van der Waals surface area contributed by atoms with Crippen molar-refractivity contribution >= 4 is 6.09 Å². The van der Waals surface area contributed by atoms with E-state index in [0.29, 0.717) is 24.9 Å². The number of hydrogen-bond acceptors (Lipinski definition) is 3. The minimum absolute atomic E-state index is 0.0224. The Morgan fingerprint density at radius 1 is 1.33 bits per heavy atom. The van der Waals surface area contributed by atoms with Gasteiger partial charge in [0.25, 0.3) is 0 Å². The molecule has 1 aromatic carbocycles. The zero-order valence-corrected chi connectivity index (χ0v) is 12.9. The molecule has 0 bridgehead atoms. The second-order valence-electron chi connectivity index (χ2n) is 5.95. The lowest BCUT2D eigenvalue weighted by atomic mass is 9.92. The first-order valence-corrected chi connectivity index (χ1v) is 7.15. The lowest BCUT2D eigenvalue weighted by molar-refractivity contribution is 0.0526. The molecule has 21 heavy (non-hydrogen) atoms. The molecule has 4 nitrogen and oxygen atoms in total. The first-order valence-electron chi connectivity index (χ1n) is 7.15. The molecule has 0 aliphatic rings. The molecule has 1 amide bonds. The Morgan fingerprint density at radius 2 is 2.00 bits per heavy atom. The van der Waals surface area contributed by atoms with Crippen molar-refractivity contribution in [2.75, 3.05) is 13.2 Å². The first-order chi connectivity index (χ1) is 9.83. The van der Waals surface area contributed by atoms with Gasteiger partial charge in [0, 0.05) is 13.2 Å². The molecule has 1 unspecified atom stereocenters. The Morgan fingerprint density at radius 3 is 2.57 bits per heavy atom. The van der Waals surface area contributed by atoms with E-state index in [1.165, 1.54) is 6.07 Å². The van der Waals surface area contributed by atoms with E-state index in [0.717, 1.165) is 0 Å². The molecule has 0 saturated heterocycles. The van der Waals surface area contributed by atoms with E-state index in [-0.39, 0.29) is 18.3 Å². The van der Waals surface area contributed by atoms with Crippen LogP contribution >= 0.6 is 0 Å². The van der Waals surface area contributed by atoms with Crippen LogP contribution in [0.3, 0.4) is 0 Å². The average molecular weight is 297 g/mol. The number of carbonyl (C=O) groups is 1. The van der Waals surface area contributed by atoms with Crippen molar-refractivity contribution in [1.29, 1.82) is 0 Å². The highest BCUT2D eigenvalue weighted by Gasteiger charge is 2.18. The van der Waals surface area contributed by atoms with E-state index in [2.05, 4.69) is 5.32 Å². The van der Waals surface area contributed by atoms with Crippen LogP contribution in [0.25, 0.3) is 0 Å². The van der Waals surface area contributed by atoms with Crippen molar-refractivity contribution < 1.29 is 19.0 Å². The summed E-state index contributed by atoms with van der Waals surface area (Å²) < 4.78 is 18.9. The van der Waals surface area contributed by atoms with Crippen molar-refractivity contribution in [3.63, 3.8) is 0 Å². The standard InChI is InChI=1S/C16H24FNO3/c1-16(2,3)21-15(20)18-10-8-12(9-11-19)13-6-4-5-7-14(13)17/h4-7,12,19H,8-11H2,1-3H3,(H,18,20). The summed E-state index contributed by atoms with van der Waals surface area (Å²) in [6, 6.07) is 6.52. The molecule has 0 saturated carbocycles. The molecule has 1 aromatic rings. The molecule has 0 heterocycles. The second kappa shape index (κ2) is 7.98. The quantitative estimate of drug-likeness (QED) is 0.847. The average Bonchev–Trinajstić information content (AvgIpc) is 2.36. The van der Waals surface area contributed by atoms with Gasteiger partial charge in [0.2, 0.25) is 0 Å². The van der Waals surface area contributed by atoms with Crippen LogP contribution in [0.4, 0.5) is 9.18 Å². The molecule has 118 valence electrons. The molecule has 0 aliphatic carbocycles. The fraction of sp³-hybridized carbons (Fsp3) is 0.562. The summed E-state index contributed by atoms with van der Waals surface area (Å²) >= 11 is 0. The smallest absolute Gasteiger partial charge is 0.407 e. The third kappa shape index (κ3) is 6.58. The lowest BCUT2D eigenvalue weighted by Gasteiger charge is -2.21. The Hall–Kier alpha value is -1.62. The van der Waals surface area contributed by atoms with Gasteiger partial charge in [-0.3, -0.25) is 0 Å². The van der Waals surface area contributed by atoms with Crippen LogP contribution < -0.4 is 5.32 Å². The summed E-state index contributed by atoms with van der Waals surface area (Å²) in [6.07, 6.45) is 0.510. The Balaban J connectivity index is 2.53. The zero-order chi connectivity index (χ0) is 15.9. The topological polar surface area (TPSA) is 58.6 Å². The predicted molar refractivity (Wildman–Crippen MR) is 79.7 cm³/mol. The number of aliphatic hydroxyl groups excluding tert-OH is 1. The normalized spacial score (nSPS) is 12.8. The number of carbonyl (C=O) groups excluding carboxylic acids is 1. The van der Waals surface area contributed by atoms with Gasteiger partial charge in [-0.1, -0.05) is 18.2 Å². The van der Waals surface area contributed by atoms with Crippen LogP contribution in [0.5, 0.6) is 0 Å². The number of aliphatic hydroxyl groups is 1. The van der Waals surface area contributed by atoms with Crippen LogP contribution in [0.15, 0.2) is 24.3 Å². The molecule has 0 fully saturated rings. The minimum Gasteiger partial charge on any atom is -0.444 e. The van der Waals surface area contributed by atoms with Gasteiger partial charge in [-0.25, -0.2) is 9.18 Å². The fourth-order valence-electron chi connectivity index (χ4n) is 2.08. The molecular weight excluding hydrogens is 273 g/mol. The number of benzene rings is 1. The van der Waals surface area contributed by atoms with E-state index < -0.39 is 11.7 Å². The molecule has 1 rings (SSSR count). The Bertz CT molecular complexity index is 457. The molecule has 2 N–H and O–H groups in total. The Labute approximate surface area is 125 Å². The summed E-state index contributed by atoms with van der Waals surface area (Å²) in [7, 11) is 0. The number of alkyl carbamates (subject to hydrolysis) is 1. The van der Waals surface area contributed by atoms with E-state index in [4.69, 9.17) is 9.84 Å². The van der Waals surface area contributed by atoms with Gasteiger partial charge >= 0.3 is 6.09 Å². The zero-order valence-electron chi connectivity index (χ0n) is 12.9. The SMILES string of the molecule is CC(C)(C)OC(=O)NCCC(CCO)c1ccccc1F. The van der Waals surface area contributed by atoms with Crippen molar-refractivity contribution in [2.24, 2.45) is 0 Å². The molecule has 0 radical (unpaired) electrons. The highest BCUT2D eigenvalue weighted by Crippen LogP contribution is 2.25. The fourth-order valence-corrected chi connectivity index (χ4v) is 2.08. The number of nitrogens with one attached hydrogen (secondary N) is 1. The third-order valence-electron chi connectivity index (χ3n) is 2.98. The highest BCUT2D eigenvalue weighted by atomic mass is 19.1. The maximum atomic E-state index is 13.8. The van der Waals surface area contributed by atoms with Crippen LogP contribution in [0.2, 0.25) is 0 Å². The number of ether oxygens (including phenoxy) is 1. The van der Waals surface area contributed by atoms with Gasteiger partial charge in [0.15, 0.2) is 0 Å². The summed E-state index contributed by atoms with van der Waals surface area (Å²) in [6.45, 7) is 5.72. The van der Waals surface area contributed by atoms with Gasteiger partial charge in [-0.15, -0.1) is 0 Å². The number of rotatable bonds is 6. The molecule has 5 heteroatoms. The molecule has 0 spiro atoms. The van der Waals surface area contributed by atoms with E-state index in [1.54, 1.807) is 39.0 Å². The van der Waals surface area contributed by atoms with Gasteiger partial charge in [0.1, 0.15) is 11.4 Å². The van der Waals surface area contributed by atoms with Crippen LogP contribution in [-0.4, -0.2) is 30.0 Å². The number of amides is 1. The van der Waals surface area contributed by atoms with Crippen molar-refractivity contribution in [3.8, 4) is 0 Å². The van der Waals surface area contributed by atoms with Gasteiger partial charge in [-0.2, -0.15) is 0 Å². The van der Waals surface area contributed by atoms with Gasteiger partial charge in [0.05, 0.1) is 0 Å².